The largest absolute Gasteiger partial charge is 0.493 e. The minimum Gasteiger partial charge on any atom is -0.493 e. The Morgan fingerprint density at radius 3 is 2.44 bits per heavy atom. The molecule has 0 aliphatic carbocycles. The fourth-order valence-corrected chi connectivity index (χ4v) is 4.75. The molecular weight excluding hydrogens is 458 g/mol. The number of methoxy groups -OCH3 is 2. The van der Waals surface area contributed by atoms with Gasteiger partial charge < -0.3 is 23.5 Å². The van der Waals surface area contributed by atoms with E-state index in [0.29, 0.717) is 41.2 Å². The van der Waals surface area contributed by atoms with Crippen LogP contribution in [0.1, 0.15) is 22.7 Å². The summed E-state index contributed by atoms with van der Waals surface area (Å²) in [5, 5.41) is 0.697. The lowest BCUT2D eigenvalue weighted by molar-refractivity contribution is -0.134. The van der Waals surface area contributed by atoms with Crippen molar-refractivity contribution in [3.63, 3.8) is 0 Å². The summed E-state index contributed by atoms with van der Waals surface area (Å²) >= 11 is 0. The number of amides is 1. The molecule has 2 heterocycles. The minimum absolute atomic E-state index is 0.00710. The highest BCUT2D eigenvalue weighted by atomic mass is 16.5. The Kier molecular flexibility index (Phi) is 6.62. The van der Waals surface area contributed by atoms with Crippen LogP contribution in [0.3, 0.4) is 0 Å². The molecule has 0 radical (unpaired) electrons. The van der Waals surface area contributed by atoms with Crippen LogP contribution in [-0.4, -0.2) is 38.2 Å². The lowest BCUT2D eigenvalue weighted by Gasteiger charge is -2.37. The summed E-state index contributed by atoms with van der Waals surface area (Å²) in [6, 6.07) is 21.8. The van der Waals surface area contributed by atoms with Crippen LogP contribution in [0.2, 0.25) is 0 Å². The highest BCUT2D eigenvalue weighted by molar-refractivity contribution is 5.83. The Balaban J connectivity index is 1.51. The normalized spacial score (nSPS) is 14.8. The molecule has 0 saturated carbocycles. The van der Waals surface area contributed by atoms with E-state index >= 15 is 0 Å². The van der Waals surface area contributed by atoms with E-state index in [9.17, 15) is 9.59 Å². The molecule has 3 aromatic carbocycles. The number of hydrogen-bond acceptors (Lipinski definition) is 6. The fraction of sp³-hybridized carbons (Fsp3) is 0.241. The third-order valence-electron chi connectivity index (χ3n) is 6.53. The van der Waals surface area contributed by atoms with Crippen LogP contribution >= 0.6 is 0 Å². The SMILES string of the molecule is COc1cc2c(cc1OC)C(COc1cc(=O)oc3ccccc13)N(C(=O)Cc1ccccc1)CC2. The molecular formula is C29H27NO6. The third-order valence-corrected chi connectivity index (χ3v) is 6.53. The summed E-state index contributed by atoms with van der Waals surface area (Å²) in [6.07, 6.45) is 0.975. The maximum absolute atomic E-state index is 13.5. The molecule has 1 unspecified atom stereocenters. The maximum Gasteiger partial charge on any atom is 0.339 e. The summed E-state index contributed by atoms with van der Waals surface area (Å²) < 4.78 is 22.6. The van der Waals surface area contributed by atoms with Gasteiger partial charge in [-0.3, -0.25) is 4.79 Å². The predicted molar refractivity (Wildman–Crippen MR) is 136 cm³/mol. The van der Waals surface area contributed by atoms with Gasteiger partial charge in [0.05, 0.1) is 38.1 Å². The first-order chi connectivity index (χ1) is 17.6. The number of rotatable bonds is 7. The van der Waals surface area contributed by atoms with Gasteiger partial charge in [-0.05, 0) is 47.4 Å². The molecule has 36 heavy (non-hydrogen) atoms. The average Bonchev–Trinajstić information content (AvgIpc) is 2.91. The van der Waals surface area contributed by atoms with Crippen LogP contribution in [-0.2, 0) is 17.6 Å². The van der Waals surface area contributed by atoms with Crippen LogP contribution in [0, 0.1) is 0 Å². The van der Waals surface area contributed by atoms with E-state index < -0.39 is 5.63 Å². The molecule has 0 fully saturated rings. The quantitative estimate of drug-likeness (QED) is 0.357. The monoisotopic (exact) mass is 485 g/mol. The first-order valence-corrected chi connectivity index (χ1v) is 11.8. The van der Waals surface area contributed by atoms with E-state index in [2.05, 4.69) is 0 Å². The van der Waals surface area contributed by atoms with Gasteiger partial charge in [0, 0.05) is 6.54 Å². The standard InChI is InChI=1S/C29H27NO6/c1-33-26-15-20-12-13-30(28(31)14-19-8-4-3-5-9-19)23(22(20)16-27(26)34-2)18-35-25-17-29(32)36-24-11-7-6-10-21(24)25/h3-11,15-17,23H,12-14,18H2,1-2H3. The molecule has 1 aliphatic heterocycles. The second-order valence-corrected chi connectivity index (χ2v) is 8.66. The molecule has 5 rings (SSSR count). The number of nitrogens with zero attached hydrogens (tertiary/aromatic N) is 1. The first-order valence-electron chi connectivity index (χ1n) is 11.8. The van der Waals surface area contributed by atoms with Crippen molar-refractivity contribution in [1.29, 1.82) is 0 Å². The summed E-state index contributed by atoms with van der Waals surface area (Å²) in [6.45, 7) is 0.705. The molecule has 7 heteroatoms. The Labute approximate surface area is 208 Å². The molecule has 7 nitrogen and oxygen atoms in total. The highest BCUT2D eigenvalue weighted by Gasteiger charge is 2.33. The van der Waals surface area contributed by atoms with Crippen molar-refractivity contribution in [2.45, 2.75) is 18.9 Å². The van der Waals surface area contributed by atoms with Crippen LogP contribution in [0.5, 0.6) is 17.2 Å². The minimum atomic E-state index is -0.490. The van der Waals surface area contributed by atoms with Gasteiger partial charge in [0.15, 0.2) is 11.5 Å². The Morgan fingerprint density at radius 1 is 0.944 bits per heavy atom. The second-order valence-electron chi connectivity index (χ2n) is 8.66. The summed E-state index contributed by atoms with van der Waals surface area (Å²) in [5.74, 6) is 1.66. The van der Waals surface area contributed by atoms with Crippen molar-refractivity contribution >= 4 is 16.9 Å². The number of hydrogen-bond donors (Lipinski definition) is 0. The molecule has 1 atom stereocenters. The van der Waals surface area contributed by atoms with E-state index in [-0.39, 0.29) is 25.0 Å². The number of para-hydroxylation sites is 1. The second kappa shape index (κ2) is 10.2. The predicted octanol–water partition coefficient (Wildman–Crippen LogP) is 4.56. The number of ether oxygens (including phenoxy) is 3. The van der Waals surface area contributed by atoms with Gasteiger partial charge in [0.25, 0.3) is 0 Å². The summed E-state index contributed by atoms with van der Waals surface area (Å²) in [4.78, 5) is 27.5. The van der Waals surface area contributed by atoms with Crippen molar-refractivity contribution in [2.75, 3.05) is 27.4 Å². The zero-order valence-electron chi connectivity index (χ0n) is 20.2. The molecule has 1 aliphatic rings. The van der Waals surface area contributed by atoms with Crippen molar-refractivity contribution in [1.82, 2.24) is 4.90 Å². The van der Waals surface area contributed by atoms with Crippen molar-refractivity contribution in [3.8, 4) is 17.2 Å². The molecule has 0 N–H and O–H groups in total. The lowest BCUT2D eigenvalue weighted by Crippen LogP contribution is -2.43. The number of fused-ring (bicyclic) bond motifs is 2. The van der Waals surface area contributed by atoms with Crippen molar-refractivity contribution in [2.24, 2.45) is 0 Å². The average molecular weight is 486 g/mol. The number of benzene rings is 3. The molecule has 0 spiro atoms. The lowest BCUT2D eigenvalue weighted by atomic mass is 9.91. The van der Waals surface area contributed by atoms with Gasteiger partial charge in [-0.1, -0.05) is 42.5 Å². The third kappa shape index (κ3) is 4.64. The number of carbonyl (C=O) groups excluding carboxylic acids is 1. The Hall–Kier alpha value is -4.26. The highest BCUT2D eigenvalue weighted by Crippen LogP contribution is 2.39. The van der Waals surface area contributed by atoms with Crippen LogP contribution < -0.4 is 19.8 Å². The summed E-state index contributed by atoms with van der Waals surface area (Å²) in [7, 11) is 3.20. The van der Waals surface area contributed by atoms with E-state index in [1.165, 1.54) is 6.07 Å². The van der Waals surface area contributed by atoms with Gasteiger partial charge in [0.1, 0.15) is 17.9 Å². The van der Waals surface area contributed by atoms with Crippen LogP contribution in [0.4, 0.5) is 0 Å². The van der Waals surface area contributed by atoms with E-state index in [0.717, 1.165) is 16.7 Å². The molecule has 0 saturated heterocycles. The maximum atomic E-state index is 13.5. The molecule has 184 valence electrons. The van der Waals surface area contributed by atoms with Gasteiger partial charge >= 0.3 is 5.63 Å². The van der Waals surface area contributed by atoms with Crippen molar-refractivity contribution < 1.29 is 23.4 Å². The van der Waals surface area contributed by atoms with Gasteiger partial charge in [-0.25, -0.2) is 4.79 Å². The van der Waals surface area contributed by atoms with Gasteiger partial charge in [0.2, 0.25) is 5.91 Å². The van der Waals surface area contributed by atoms with Crippen LogP contribution in [0.25, 0.3) is 11.0 Å². The van der Waals surface area contributed by atoms with Gasteiger partial charge in [-0.15, -0.1) is 0 Å². The molecule has 4 aromatic rings. The van der Waals surface area contributed by atoms with E-state index in [1.54, 1.807) is 26.4 Å². The van der Waals surface area contributed by atoms with Gasteiger partial charge in [-0.2, -0.15) is 0 Å². The Morgan fingerprint density at radius 2 is 1.67 bits per heavy atom. The Bertz CT molecular complexity index is 1450. The van der Waals surface area contributed by atoms with Crippen molar-refractivity contribution in [3.05, 3.63) is 99.9 Å². The fourth-order valence-electron chi connectivity index (χ4n) is 4.75. The molecule has 1 amide bonds. The number of carbonyl (C=O) groups is 1. The van der Waals surface area contributed by atoms with E-state index in [1.807, 2.05) is 59.5 Å². The zero-order valence-corrected chi connectivity index (χ0v) is 20.2. The zero-order chi connectivity index (χ0) is 25.1. The topological polar surface area (TPSA) is 78.2 Å². The molecule has 1 aromatic heterocycles. The van der Waals surface area contributed by atoms with E-state index in [4.69, 9.17) is 18.6 Å². The molecule has 0 bridgehead atoms. The van der Waals surface area contributed by atoms with Crippen LogP contribution in [0.15, 0.2) is 82.0 Å². The first kappa shape index (κ1) is 23.5. The smallest absolute Gasteiger partial charge is 0.339 e. The summed E-state index contributed by atoms with van der Waals surface area (Å²) in [5.41, 5.74) is 2.92.